The molecule has 2 aromatic heterocycles. The van der Waals surface area contributed by atoms with E-state index in [0.717, 1.165) is 12.1 Å². The van der Waals surface area contributed by atoms with E-state index in [-0.39, 0.29) is 30.1 Å². The van der Waals surface area contributed by atoms with Crippen molar-refractivity contribution in [1.82, 2.24) is 15.0 Å². The minimum absolute atomic E-state index is 0.142. The number of hydrogen-bond acceptors (Lipinski definition) is 6. The molecule has 0 aliphatic carbocycles. The second kappa shape index (κ2) is 8.00. The lowest BCUT2D eigenvalue weighted by atomic mass is 10.2. The highest BCUT2D eigenvalue weighted by Crippen LogP contribution is 2.26. The van der Waals surface area contributed by atoms with Crippen LogP contribution in [-0.4, -0.2) is 32.7 Å². The fourth-order valence-corrected chi connectivity index (χ4v) is 2.25. The highest BCUT2D eigenvalue weighted by atomic mass is 19.2. The van der Waals surface area contributed by atoms with Gasteiger partial charge in [0.15, 0.2) is 17.5 Å². The summed E-state index contributed by atoms with van der Waals surface area (Å²) in [7, 11) is 0. The van der Waals surface area contributed by atoms with Crippen molar-refractivity contribution >= 4 is 17.5 Å². The monoisotopic (exact) mass is 375 g/mol. The molecule has 0 radical (unpaired) electrons. The second-order valence-electron chi connectivity index (χ2n) is 5.75. The Morgan fingerprint density at radius 2 is 1.85 bits per heavy atom. The van der Waals surface area contributed by atoms with Crippen LogP contribution in [0.2, 0.25) is 0 Å². The summed E-state index contributed by atoms with van der Waals surface area (Å²) in [4.78, 5) is 12.7. The van der Waals surface area contributed by atoms with E-state index in [1.165, 1.54) is 6.07 Å². The van der Waals surface area contributed by atoms with Gasteiger partial charge in [-0.2, -0.15) is 4.98 Å². The smallest absolute Gasteiger partial charge is 0.225 e. The number of rotatable bonds is 6. The summed E-state index contributed by atoms with van der Waals surface area (Å²) in [6.07, 6.45) is 1.59. The Labute approximate surface area is 153 Å². The molecule has 1 atom stereocenters. The number of nitrogens with zero attached hydrogens (tertiary/aromatic N) is 3. The van der Waals surface area contributed by atoms with Crippen molar-refractivity contribution in [3.05, 3.63) is 60.0 Å². The standard InChI is InChI=1S/C18H16F3N5O/c1-10(9-27)23-18-25-14(12-4-2-3-7-22-12)8-15(26-18)24-13-6-5-11(19)16(20)17(13)21/h2-8,10,27H,9H2,1H3,(H2,23,24,25,26)/t10-/m1/s1. The van der Waals surface area contributed by atoms with Crippen LogP contribution >= 0.6 is 0 Å². The molecule has 0 saturated heterocycles. The lowest BCUT2D eigenvalue weighted by Crippen LogP contribution is -2.21. The van der Waals surface area contributed by atoms with Gasteiger partial charge in [0.1, 0.15) is 5.82 Å². The molecule has 27 heavy (non-hydrogen) atoms. The van der Waals surface area contributed by atoms with E-state index >= 15 is 0 Å². The SMILES string of the molecule is C[C@H](CO)Nc1nc(Nc2ccc(F)c(F)c2F)cc(-c2ccccn2)n1. The van der Waals surface area contributed by atoms with Crippen LogP contribution in [0.5, 0.6) is 0 Å². The van der Waals surface area contributed by atoms with Crippen molar-refractivity contribution in [2.75, 3.05) is 17.2 Å². The quantitative estimate of drug-likeness (QED) is 0.572. The van der Waals surface area contributed by atoms with Crippen molar-refractivity contribution in [3.63, 3.8) is 0 Å². The lowest BCUT2D eigenvalue weighted by Gasteiger charge is -2.14. The van der Waals surface area contributed by atoms with Crippen molar-refractivity contribution in [3.8, 4) is 11.4 Å². The van der Waals surface area contributed by atoms with Crippen LogP contribution in [-0.2, 0) is 0 Å². The molecule has 0 aliphatic rings. The number of aliphatic hydroxyl groups is 1. The van der Waals surface area contributed by atoms with Gasteiger partial charge in [-0.15, -0.1) is 0 Å². The number of aliphatic hydroxyl groups excluding tert-OH is 1. The van der Waals surface area contributed by atoms with Gasteiger partial charge in [0.05, 0.1) is 23.7 Å². The minimum Gasteiger partial charge on any atom is -0.394 e. The number of pyridine rings is 1. The maximum Gasteiger partial charge on any atom is 0.225 e. The van der Waals surface area contributed by atoms with Gasteiger partial charge in [0, 0.05) is 18.3 Å². The number of benzene rings is 1. The van der Waals surface area contributed by atoms with Gasteiger partial charge in [-0.05, 0) is 31.2 Å². The van der Waals surface area contributed by atoms with Crippen LogP contribution in [0.3, 0.4) is 0 Å². The number of nitrogens with one attached hydrogen (secondary N) is 2. The fourth-order valence-electron chi connectivity index (χ4n) is 2.25. The van der Waals surface area contributed by atoms with Crippen molar-refractivity contribution in [2.24, 2.45) is 0 Å². The molecule has 3 rings (SSSR count). The zero-order valence-corrected chi connectivity index (χ0v) is 14.2. The molecule has 1 aromatic carbocycles. The molecular formula is C18H16F3N5O. The van der Waals surface area contributed by atoms with Gasteiger partial charge in [-0.1, -0.05) is 6.07 Å². The van der Waals surface area contributed by atoms with Gasteiger partial charge in [0.25, 0.3) is 0 Å². The first kappa shape index (κ1) is 18.6. The van der Waals surface area contributed by atoms with E-state index in [0.29, 0.717) is 11.4 Å². The van der Waals surface area contributed by atoms with E-state index in [2.05, 4.69) is 25.6 Å². The Kier molecular flexibility index (Phi) is 5.51. The van der Waals surface area contributed by atoms with Crippen LogP contribution in [0, 0.1) is 17.5 Å². The third-order valence-electron chi connectivity index (χ3n) is 3.60. The van der Waals surface area contributed by atoms with E-state index in [4.69, 9.17) is 0 Å². The van der Waals surface area contributed by atoms with Crippen LogP contribution in [0.25, 0.3) is 11.4 Å². The normalized spacial score (nSPS) is 11.9. The van der Waals surface area contributed by atoms with E-state index < -0.39 is 17.5 Å². The largest absolute Gasteiger partial charge is 0.394 e. The zero-order chi connectivity index (χ0) is 19.4. The van der Waals surface area contributed by atoms with E-state index in [1.807, 2.05) is 0 Å². The highest BCUT2D eigenvalue weighted by molar-refractivity contribution is 5.65. The summed E-state index contributed by atoms with van der Waals surface area (Å²) >= 11 is 0. The molecule has 9 heteroatoms. The maximum absolute atomic E-state index is 14.0. The van der Waals surface area contributed by atoms with Crippen molar-refractivity contribution < 1.29 is 18.3 Å². The third-order valence-corrected chi connectivity index (χ3v) is 3.60. The summed E-state index contributed by atoms with van der Waals surface area (Å²) in [5.41, 5.74) is 0.679. The van der Waals surface area contributed by atoms with Crippen LogP contribution < -0.4 is 10.6 Å². The van der Waals surface area contributed by atoms with Crippen LogP contribution in [0.1, 0.15) is 6.92 Å². The average molecular weight is 375 g/mol. The van der Waals surface area contributed by atoms with Crippen molar-refractivity contribution in [2.45, 2.75) is 13.0 Å². The molecule has 0 amide bonds. The van der Waals surface area contributed by atoms with Gasteiger partial charge >= 0.3 is 0 Å². The van der Waals surface area contributed by atoms with Gasteiger partial charge in [-0.3, -0.25) is 4.98 Å². The average Bonchev–Trinajstić information content (AvgIpc) is 2.69. The third kappa shape index (κ3) is 4.32. The summed E-state index contributed by atoms with van der Waals surface area (Å²) in [6.45, 7) is 1.57. The second-order valence-corrected chi connectivity index (χ2v) is 5.75. The number of hydrogen-bond donors (Lipinski definition) is 3. The topological polar surface area (TPSA) is 83.0 Å². The number of anilines is 3. The summed E-state index contributed by atoms with van der Waals surface area (Å²) in [5.74, 6) is -3.92. The molecule has 0 unspecified atom stereocenters. The zero-order valence-electron chi connectivity index (χ0n) is 14.2. The first-order valence-electron chi connectivity index (χ1n) is 8.06. The summed E-state index contributed by atoms with van der Waals surface area (Å²) in [6, 6.07) is 8.29. The molecule has 0 spiro atoms. The predicted molar refractivity (Wildman–Crippen MR) is 95.0 cm³/mol. The number of halogens is 3. The fraction of sp³-hybridized carbons (Fsp3) is 0.167. The molecule has 0 bridgehead atoms. The van der Waals surface area contributed by atoms with Crippen molar-refractivity contribution in [1.29, 1.82) is 0 Å². The maximum atomic E-state index is 14.0. The first-order valence-corrected chi connectivity index (χ1v) is 8.06. The lowest BCUT2D eigenvalue weighted by molar-refractivity contribution is 0.281. The molecular weight excluding hydrogens is 359 g/mol. The Morgan fingerprint density at radius 1 is 1.04 bits per heavy atom. The predicted octanol–water partition coefficient (Wildman–Crippen LogP) is 3.49. The molecule has 3 N–H and O–H groups in total. The molecule has 0 aliphatic heterocycles. The first-order chi connectivity index (χ1) is 13.0. The number of aromatic nitrogens is 3. The van der Waals surface area contributed by atoms with Gasteiger partial charge in [-0.25, -0.2) is 18.2 Å². The Hall–Kier alpha value is -3.20. The molecule has 6 nitrogen and oxygen atoms in total. The summed E-state index contributed by atoms with van der Waals surface area (Å²) in [5, 5.41) is 14.7. The molecule has 0 fully saturated rings. The highest BCUT2D eigenvalue weighted by Gasteiger charge is 2.15. The minimum atomic E-state index is -1.58. The van der Waals surface area contributed by atoms with E-state index in [9.17, 15) is 18.3 Å². The Balaban J connectivity index is 2.01. The molecule has 140 valence electrons. The van der Waals surface area contributed by atoms with Crippen LogP contribution in [0.15, 0.2) is 42.6 Å². The van der Waals surface area contributed by atoms with Gasteiger partial charge < -0.3 is 15.7 Å². The molecule has 3 aromatic rings. The summed E-state index contributed by atoms with van der Waals surface area (Å²) < 4.78 is 40.5. The molecule has 2 heterocycles. The van der Waals surface area contributed by atoms with Crippen LogP contribution in [0.4, 0.5) is 30.6 Å². The Morgan fingerprint density at radius 3 is 2.56 bits per heavy atom. The Bertz CT molecular complexity index is 940. The van der Waals surface area contributed by atoms with Gasteiger partial charge in [0.2, 0.25) is 5.95 Å². The molecule has 0 saturated carbocycles. The van der Waals surface area contributed by atoms with E-state index in [1.54, 1.807) is 31.3 Å².